The highest BCUT2D eigenvalue weighted by Crippen LogP contribution is 2.66. The Morgan fingerprint density at radius 3 is 2.17 bits per heavy atom. The summed E-state index contributed by atoms with van der Waals surface area (Å²) < 4.78 is 6.10. The third-order valence-electron chi connectivity index (χ3n) is 13.7. The van der Waals surface area contributed by atoms with Crippen molar-refractivity contribution in [2.75, 3.05) is 0 Å². The van der Waals surface area contributed by atoms with Crippen molar-refractivity contribution in [3.63, 3.8) is 0 Å². The average Bonchev–Trinajstić information content (AvgIpc) is 3.40. The molecule has 0 aromatic heterocycles. The molecule has 0 heterocycles. The first-order chi connectivity index (χ1) is 22.7. The first-order valence-corrected chi connectivity index (χ1v) is 20.9. The zero-order valence-corrected chi connectivity index (χ0v) is 32.1. The number of unbranched alkanes of at least 4 members (excludes halogenated alkanes) is 11. The molecule has 0 bridgehead atoms. The minimum absolute atomic E-state index is 0.0387. The van der Waals surface area contributed by atoms with Crippen LogP contribution in [0.1, 0.15) is 196 Å². The Kier molecular flexibility index (Phi) is 15.7. The number of hydrogen-bond donors (Lipinski definition) is 0. The maximum atomic E-state index is 12.8. The summed E-state index contributed by atoms with van der Waals surface area (Å²) >= 11 is 0. The standard InChI is InChI=1S/C45H76O2/c1-7-8-9-10-11-12-13-14-15-16-17-18-19-20-21-25-43(46)47-38-30-32-44(5)37(34-38)26-27-39-41-29-28-40(36(4)24-22-23-35(2)3)45(41,6)33-31-42(39)44/h14-15,26-27,35-36,38,40-42H,7-13,16-25,28-34H2,1-6H3/t36-,38?,40-,41+,42+,44+,45-/m1/s1. The number of carbonyl (C=O) groups is 1. The Morgan fingerprint density at radius 1 is 0.787 bits per heavy atom. The summed E-state index contributed by atoms with van der Waals surface area (Å²) in [5, 5.41) is 0. The molecule has 4 aliphatic rings. The SMILES string of the molecule is CCCCCCCCC=CCCCCCCCC(=O)OC1CC[C@@]2(C)C(=CC=C3[C@@H]4CC[C@H]([C@H](C)CCCC(C)C)[C@@]4(C)CC[C@@H]32)C1. The maximum Gasteiger partial charge on any atom is 0.306 e. The van der Waals surface area contributed by atoms with E-state index < -0.39 is 0 Å². The third-order valence-corrected chi connectivity index (χ3v) is 13.7. The van der Waals surface area contributed by atoms with Gasteiger partial charge in [-0.3, -0.25) is 4.79 Å². The molecule has 2 nitrogen and oxygen atoms in total. The minimum atomic E-state index is 0.0387. The molecule has 0 saturated heterocycles. The molecule has 0 N–H and O–H groups in total. The smallest absolute Gasteiger partial charge is 0.306 e. The van der Waals surface area contributed by atoms with Gasteiger partial charge in [-0.1, -0.05) is 148 Å². The predicted octanol–water partition coefficient (Wildman–Crippen LogP) is 13.9. The van der Waals surface area contributed by atoms with Crippen LogP contribution in [0.15, 0.2) is 35.5 Å². The largest absolute Gasteiger partial charge is 0.462 e. The van der Waals surface area contributed by atoms with Crippen molar-refractivity contribution in [3.05, 3.63) is 35.5 Å². The molecule has 0 spiro atoms. The average molecular weight is 649 g/mol. The molecule has 3 saturated carbocycles. The first-order valence-electron chi connectivity index (χ1n) is 20.9. The zero-order valence-electron chi connectivity index (χ0n) is 32.1. The minimum Gasteiger partial charge on any atom is -0.462 e. The zero-order chi connectivity index (χ0) is 33.7. The van der Waals surface area contributed by atoms with Crippen molar-refractivity contribution in [3.8, 4) is 0 Å². The molecular weight excluding hydrogens is 572 g/mol. The third kappa shape index (κ3) is 10.6. The van der Waals surface area contributed by atoms with Crippen LogP contribution in [-0.4, -0.2) is 12.1 Å². The lowest BCUT2D eigenvalue weighted by atomic mass is 9.50. The fourth-order valence-corrected chi connectivity index (χ4v) is 10.7. The predicted molar refractivity (Wildman–Crippen MR) is 202 cm³/mol. The van der Waals surface area contributed by atoms with Crippen LogP contribution in [0.3, 0.4) is 0 Å². The lowest BCUT2D eigenvalue weighted by Gasteiger charge is -2.55. The molecule has 0 amide bonds. The van der Waals surface area contributed by atoms with Crippen molar-refractivity contribution in [1.29, 1.82) is 0 Å². The summed E-state index contributed by atoms with van der Waals surface area (Å²) in [7, 11) is 0. The van der Waals surface area contributed by atoms with E-state index in [9.17, 15) is 4.79 Å². The van der Waals surface area contributed by atoms with Crippen LogP contribution < -0.4 is 0 Å². The van der Waals surface area contributed by atoms with Crippen LogP contribution in [0.2, 0.25) is 0 Å². The molecule has 0 aromatic rings. The molecule has 0 aliphatic heterocycles. The van der Waals surface area contributed by atoms with Gasteiger partial charge in [0.05, 0.1) is 0 Å². The second-order valence-electron chi connectivity index (χ2n) is 17.6. The number of rotatable bonds is 21. The van der Waals surface area contributed by atoms with E-state index in [4.69, 9.17) is 4.74 Å². The highest BCUT2D eigenvalue weighted by atomic mass is 16.5. The van der Waals surface area contributed by atoms with E-state index >= 15 is 0 Å². The van der Waals surface area contributed by atoms with Crippen molar-refractivity contribution >= 4 is 5.97 Å². The van der Waals surface area contributed by atoms with E-state index in [1.165, 1.54) is 122 Å². The van der Waals surface area contributed by atoms with Gasteiger partial charge in [0.1, 0.15) is 6.10 Å². The highest BCUT2D eigenvalue weighted by Gasteiger charge is 2.57. The van der Waals surface area contributed by atoms with E-state index in [0.717, 1.165) is 49.4 Å². The Bertz CT molecular complexity index is 1030. The number of fused-ring (bicyclic) bond motifs is 5. The summed E-state index contributed by atoms with van der Waals surface area (Å²) in [5.74, 6) is 4.07. The van der Waals surface area contributed by atoms with Gasteiger partial charge >= 0.3 is 5.97 Å². The van der Waals surface area contributed by atoms with Crippen LogP contribution in [0, 0.1) is 40.4 Å². The van der Waals surface area contributed by atoms with Gasteiger partial charge in [0.25, 0.3) is 0 Å². The monoisotopic (exact) mass is 649 g/mol. The molecule has 4 aliphatic carbocycles. The summed E-state index contributed by atoms with van der Waals surface area (Å²) in [4.78, 5) is 12.8. The summed E-state index contributed by atoms with van der Waals surface area (Å²) in [6.45, 7) is 14.8. The van der Waals surface area contributed by atoms with Crippen molar-refractivity contribution in [1.82, 2.24) is 0 Å². The van der Waals surface area contributed by atoms with Crippen LogP contribution in [0.5, 0.6) is 0 Å². The van der Waals surface area contributed by atoms with Crippen LogP contribution >= 0.6 is 0 Å². The number of ether oxygens (including phenoxy) is 1. The van der Waals surface area contributed by atoms with Gasteiger partial charge in [-0.15, -0.1) is 0 Å². The summed E-state index contributed by atoms with van der Waals surface area (Å²) in [6, 6.07) is 0. The van der Waals surface area contributed by atoms with Gasteiger partial charge in [0.2, 0.25) is 0 Å². The van der Waals surface area contributed by atoms with Crippen LogP contribution in [-0.2, 0) is 9.53 Å². The number of hydrogen-bond acceptors (Lipinski definition) is 2. The van der Waals surface area contributed by atoms with Crippen LogP contribution in [0.4, 0.5) is 0 Å². The Morgan fingerprint density at radius 2 is 1.47 bits per heavy atom. The fourth-order valence-electron chi connectivity index (χ4n) is 10.7. The van der Waals surface area contributed by atoms with Gasteiger partial charge in [0, 0.05) is 12.8 Å². The number of carbonyl (C=O) groups excluding carboxylic acids is 1. The molecule has 47 heavy (non-hydrogen) atoms. The van der Waals surface area contributed by atoms with E-state index in [-0.39, 0.29) is 17.5 Å². The topological polar surface area (TPSA) is 26.3 Å². The molecule has 0 aromatic carbocycles. The molecule has 2 heteroatoms. The van der Waals surface area contributed by atoms with Crippen molar-refractivity contribution in [2.24, 2.45) is 40.4 Å². The fraction of sp³-hybridized carbons (Fsp3) is 0.844. The van der Waals surface area contributed by atoms with Gasteiger partial charge < -0.3 is 4.74 Å². The molecular formula is C45H76O2. The molecule has 0 radical (unpaired) electrons. The van der Waals surface area contributed by atoms with Gasteiger partial charge in [-0.25, -0.2) is 0 Å². The molecule has 7 atom stereocenters. The molecule has 3 fully saturated rings. The van der Waals surface area contributed by atoms with Gasteiger partial charge in [-0.05, 0) is 111 Å². The Balaban J connectivity index is 1.14. The second kappa shape index (κ2) is 19.2. The van der Waals surface area contributed by atoms with E-state index in [2.05, 4.69) is 65.8 Å². The van der Waals surface area contributed by atoms with Gasteiger partial charge in [-0.2, -0.15) is 0 Å². The maximum absolute atomic E-state index is 12.8. The van der Waals surface area contributed by atoms with E-state index in [0.29, 0.717) is 17.8 Å². The number of esters is 1. The molecule has 268 valence electrons. The molecule has 4 rings (SSSR count). The Labute approximate surface area is 292 Å². The summed E-state index contributed by atoms with van der Waals surface area (Å²) in [5.41, 5.74) is 4.11. The lowest BCUT2D eigenvalue weighted by Crippen LogP contribution is -2.46. The van der Waals surface area contributed by atoms with Gasteiger partial charge in [0.15, 0.2) is 0 Å². The van der Waals surface area contributed by atoms with Crippen molar-refractivity contribution < 1.29 is 9.53 Å². The van der Waals surface area contributed by atoms with E-state index in [1.54, 1.807) is 11.1 Å². The second-order valence-corrected chi connectivity index (χ2v) is 17.6. The normalized spacial score (nSPS) is 30.9. The highest BCUT2D eigenvalue weighted by molar-refractivity contribution is 5.69. The summed E-state index contributed by atoms with van der Waals surface area (Å²) in [6.07, 6.45) is 40.1. The van der Waals surface area contributed by atoms with Crippen molar-refractivity contribution in [2.45, 2.75) is 202 Å². The first kappa shape index (κ1) is 38.5. The Hall–Kier alpha value is -1.31. The van der Waals surface area contributed by atoms with Crippen LogP contribution in [0.25, 0.3) is 0 Å². The lowest BCUT2D eigenvalue weighted by molar-refractivity contribution is -0.151. The number of allylic oxidation sites excluding steroid dienone is 5. The van der Waals surface area contributed by atoms with E-state index in [1.807, 2.05) is 0 Å². The quantitative estimate of drug-likeness (QED) is 0.0703. The molecule has 1 unspecified atom stereocenters.